The van der Waals surface area contributed by atoms with Gasteiger partial charge < -0.3 is 34.6 Å². The first-order valence-electron chi connectivity index (χ1n) is 19.2. The Balaban J connectivity index is 1.000. The van der Waals surface area contributed by atoms with Crippen molar-refractivity contribution >= 4 is 11.7 Å². The Labute approximate surface area is 285 Å². The third-order valence-electron chi connectivity index (χ3n) is 13.4. The summed E-state index contributed by atoms with van der Waals surface area (Å²) in [6.07, 6.45) is 16.3. The normalized spacial score (nSPS) is 39.6. The molecule has 11 atom stereocenters. The molecule has 0 bridgehead atoms. The summed E-state index contributed by atoms with van der Waals surface area (Å²) in [7, 11) is 2.17. The number of alkyl halides is 1. The van der Waals surface area contributed by atoms with E-state index in [1.54, 1.807) is 12.5 Å². The van der Waals surface area contributed by atoms with E-state index in [-0.39, 0.29) is 41.9 Å². The maximum absolute atomic E-state index is 16.3. The molecule has 8 rings (SSSR count). The maximum Gasteiger partial charge on any atom is 0.256 e. The number of carbonyl (C=O) groups excluding carboxylic acids is 2. The summed E-state index contributed by atoms with van der Waals surface area (Å²) in [4.78, 5) is 39.0. The molecule has 0 spiro atoms. The Bertz CT molecular complexity index is 1320. The van der Waals surface area contributed by atoms with E-state index in [0.717, 1.165) is 83.3 Å². The molecule has 11 heteroatoms. The average molecular weight is 666 g/mol. The van der Waals surface area contributed by atoms with Crippen LogP contribution in [0, 0.1) is 29.6 Å². The highest BCUT2D eigenvalue weighted by Crippen LogP contribution is 2.57. The Morgan fingerprint density at radius 1 is 1.00 bits per heavy atom. The van der Waals surface area contributed by atoms with Crippen LogP contribution in [-0.2, 0) is 20.9 Å². The van der Waals surface area contributed by atoms with Gasteiger partial charge in [0.25, 0.3) is 5.91 Å². The van der Waals surface area contributed by atoms with E-state index in [4.69, 9.17) is 4.74 Å². The van der Waals surface area contributed by atoms with Gasteiger partial charge in [-0.1, -0.05) is 19.3 Å². The molecule has 4 aliphatic carbocycles. The van der Waals surface area contributed by atoms with E-state index >= 15 is 4.39 Å². The van der Waals surface area contributed by atoms with Crippen molar-refractivity contribution in [2.75, 3.05) is 52.9 Å². The van der Waals surface area contributed by atoms with Crippen molar-refractivity contribution in [2.45, 2.75) is 107 Å². The molecule has 2 saturated heterocycles. The highest BCUT2D eigenvalue weighted by molar-refractivity contribution is 6.20. The van der Waals surface area contributed by atoms with Gasteiger partial charge in [-0.3, -0.25) is 9.59 Å². The number of nitrogens with one attached hydrogen (secondary N) is 2. The van der Waals surface area contributed by atoms with Gasteiger partial charge in [0.15, 0.2) is 5.78 Å². The molecule has 0 radical (unpaired) electrons. The van der Waals surface area contributed by atoms with Crippen LogP contribution in [0.4, 0.5) is 4.39 Å². The minimum Gasteiger partial charge on any atom is -0.369 e. The number of morpholine rings is 1. The van der Waals surface area contributed by atoms with Crippen molar-refractivity contribution in [1.82, 2.24) is 34.9 Å². The summed E-state index contributed by atoms with van der Waals surface area (Å²) >= 11 is 0. The summed E-state index contributed by atoms with van der Waals surface area (Å²) in [5.74, 6) is 1.86. The number of piperazine rings is 1. The largest absolute Gasteiger partial charge is 0.369 e. The minimum absolute atomic E-state index is 0.00212. The summed E-state index contributed by atoms with van der Waals surface area (Å²) in [6.45, 7) is 7.29. The second-order valence-electron chi connectivity index (χ2n) is 16.1. The number of imidazole rings is 1. The molecular formula is C37H56FN7O3. The van der Waals surface area contributed by atoms with Crippen LogP contribution in [0.2, 0.25) is 0 Å². The number of nitrogens with zero attached hydrogens (tertiary/aromatic N) is 5. The number of ether oxygens (including phenoxy) is 1. The Morgan fingerprint density at radius 3 is 2.67 bits per heavy atom. The smallest absolute Gasteiger partial charge is 0.256 e. The molecule has 0 aromatic carbocycles. The predicted molar refractivity (Wildman–Crippen MR) is 181 cm³/mol. The van der Waals surface area contributed by atoms with E-state index in [1.165, 1.54) is 32.1 Å². The lowest BCUT2D eigenvalue weighted by atomic mass is 9.66. The highest BCUT2D eigenvalue weighted by atomic mass is 19.1. The van der Waals surface area contributed by atoms with E-state index in [1.807, 2.05) is 17.0 Å². The lowest BCUT2D eigenvalue weighted by Gasteiger charge is -2.60. The molecule has 4 saturated carbocycles. The third kappa shape index (κ3) is 6.37. The number of amides is 1. The molecular weight excluding hydrogens is 609 g/mol. The van der Waals surface area contributed by atoms with Crippen LogP contribution in [0.1, 0.15) is 64.2 Å². The number of aryl methyl sites for hydroxylation is 1. The number of Topliss-reactive ketones (excluding diaryl/α,β-unsaturated/α-hetero) is 1. The molecule has 10 nitrogen and oxygen atoms in total. The van der Waals surface area contributed by atoms with Gasteiger partial charge in [-0.25, -0.2) is 9.37 Å². The van der Waals surface area contributed by atoms with E-state index < -0.39 is 24.2 Å². The van der Waals surface area contributed by atoms with E-state index in [0.29, 0.717) is 18.4 Å². The van der Waals surface area contributed by atoms with Crippen molar-refractivity contribution < 1.29 is 18.7 Å². The zero-order chi connectivity index (χ0) is 32.8. The molecule has 1 aromatic heterocycles. The Morgan fingerprint density at radius 2 is 1.83 bits per heavy atom. The number of fused-ring (bicyclic) bond motifs is 5. The lowest BCUT2D eigenvalue weighted by molar-refractivity contribution is -0.206. The number of halogens is 1. The number of rotatable bonds is 10. The summed E-state index contributed by atoms with van der Waals surface area (Å²) in [6, 6.07) is -0.564. The van der Waals surface area contributed by atoms with Crippen LogP contribution in [-0.4, -0.2) is 125 Å². The summed E-state index contributed by atoms with van der Waals surface area (Å²) < 4.78 is 25.4. The molecule has 2 N–H and O–H groups in total. The van der Waals surface area contributed by atoms with Crippen LogP contribution in [0.5, 0.6) is 0 Å². The van der Waals surface area contributed by atoms with Crippen molar-refractivity contribution in [3.05, 3.63) is 30.5 Å². The number of hydrogen-bond acceptors (Lipinski definition) is 8. The fraction of sp³-hybridized carbons (Fsp3) is 0.811. The topological polar surface area (TPSA) is 95.0 Å². The number of ketones is 1. The van der Waals surface area contributed by atoms with Crippen LogP contribution in [0.3, 0.4) is 0 Å². The number of carbonyl (C=O) groups is 2. The van der Waals surface area contributed by atoms with Crippen LogP contribution in [0.15, 0.2) is 30.5 Å². The standard InChI is InChI=1S/C37H56FN7O3/c1-42-14-16-43(17-15-42)11-4-8-40-33-30(38)20-28-34-36(33)48-32-21-27-25(18-24-6-2-3-7-26(24)27)19-31(32)45(34)22-29(35(28)46)37(47)41-9-5-12-44-13-10-39-23-44/h10,13,22-28,30-34,36,40H,2-9,11-12,14-21H2,1H3,(H,41,47). The molecule has 264 valence electrons. The van der Waals surface area contributed by atoms with Crippen LogP contribution < -0.4 is 10.6 Å². The van der Waals surface area contributed by atoms with E-state index in [2.05, 4.69) is 37.4 Å². The quantitative estimate of drug-likeness (QED) is 0.291. The first kappa shape index (κ1) is 32.8. The fourth-order valence-electron chi connectivity index (χ4n) is 11.0. The first-order valence-corrected chi connectivity index (χ1v) is 19.2. The fourth-order valence-corrected chi connectivity index (χ4v) is 11.0. The molecule has 1 amide bonds. The van der Waals surface area contributed by atoms with Crippen molar-refractivity contribution in [1.29, 1.82) is 0 Å². The zero-order valence-electron chi connectivity index (χ0n) is 28.7. The number of likely N-dealkylation sites (N-methyl/N-ethyl adjacent to an activating group) is 1. The molecule has 7 aliphatic rings. The highest BCUT2D eigenvalue weighted by Gasteiger charge is 2.61. The SMILES string of the molecule is CN1CCN(CCCNC2C(F)CC3C(=O)C(C(=O)NCCCn4ccnc4)=CN4C5CC6CC7CCCCC7C6CC5OC2C34)CC1. The third-order valence-corrected chi connectivity index (χ3v) is 13.4. The Kier molecular flexibility index (Phi) is 9.66. The number of hydrogen-bond donors (Lipinski definition) is 2. The van der Waals surface area contributed by atoms with Gasteiger partial charge in [-0.05, 0) is 88.8 Å². The molecule has 48 heavy (non-hydrogen) atoms. The summed E-state index contributed by atoms with van der Waals surface area (Å²) in [5, 5.41) is 6.62. The molecule has 1 aromatic rings. The predicted octanol–water partition coefficient (Wildman–Crippen LogP) is 2.85. The van der Waals surface area contributed by atoms with Crippen molar-refractivity contribution in [2.24, 2.45) is 29.6 Å². The van der Waals surface area contributed by atoms with Gasteiger partial charge in [0.2, 0.25) is 0 Å². The number of aromatic nitrogens is 2. The van der Waals surface area contributed by atoms with Crippen molar-refractivity contribution in [3.63, 3.8) is 0 Å². The van der Waals surface area contributed by atoms with Gasteiger partial charge >= 0.3 is 0 Å². The van der Waals surface area contributed by atoms with Crippen molar-refractivity contribution in [3.8, 4) is 0 Å². The van der Waals surface area contributed by atoms with Crippen LogP contribution >= 0.6 is 0 Å². The lowest BCUT2D eigenvalue weighted by Crippen LogP contribution is -2.73. The maximum atomic E-state index is 16.3. The molecule has 3 aliphatic heterocycles. The molecule has 4 heterocycles. The zero-order valence-corrected chi connectivity index (χ0v) is 28.7. The Hall–Kier alpha value is -2.34. The molecule has 6 fully saturated rings. The summed E-state index contributed by atoms with van der Waals surface area (Å²) in [5.41, 5.74) is 0.200. The van der Waals surface area contributed by atoms with Gasteiger partial charge in [0.05, 0.1) is 42.2 Å². The second kappa shape index (κ2) is 14.1. The molecule has 11 unspecified atom stereocenters. The van der Waals surface area contributed by atoms with Gasteiger partial charge in [-0.15, -0.1) is 0 Å². The van der Waals surface area contributed by atoms with Crippen LogP contribution in [0.25, 0.3) is 0 Å². The second-order valence-corrected chi connectivity index (χ2v) is 16.1. The van der Waals surface area contributed by atoms with E-state index in [9.17, 15) is 9.59 Å². The van der Waals surface area contributed by atoms with Gasteiger partial charge in [0.1, 0.15) is 6.17 Å². The van der Waals surface area contributed by atoms with Gasteiger partial charge in [0, 0.05) is 63.8 Å². The van der Waals surface area contributed by atoms with Gasteiger partial charge in [-0.2, -0.15) is 0 Å². The first-order chi connectivity index (χ1) is 23.4. The average Bonchev–Trinajstić information content (AvgIpc) is 3.74. The monoisotopic (exact) mass is 665 g/mol. The minimum atomic E-state index is -1.20.